The number of hydrogen-bond acceptors (Lipinski definition) is 12. The van der Waals surface area contributed by atoms with Crippen LogP contribution in [0.4, 0.5) is 0 Å². The van der Waals surface area contributed by atoms with Crippen LogP contribution in [0.1, 0.15) is 54.3 Å². The fourth-order valence-electron chi connectivity index (χ4n) is 10.4. The SMILES string of the molecule is N#Cc1c2ccccc2c(C#N)c2cc(COCc3csc4c3-c3c(COCc5ccc6c(C#N)c7ccccc7c(C#N)c6c5)csc3C3(Sc5ccccc5S3)C43Sc4ccccc4S3)ccc12. The van der Waals surface area contributed by atoms with Crippen LogP contribution in [0.25, 0.3) is 54.2 Å². The fraction of sp³-hybridized carbons (Fsp3) is 0.103. The highest BCUT2D eigenvalue weighted by atomic mass is 32.2. The second-order valence-electron chi connectivity index (χ2n) is 17.2. The number of thiophene rings is 2. The highest BCUT2D eigenvalue weighted by Crippen LogP contribution is 2.83. The molecule has 0 radical (unpaired) electrons. The minimum atomic E-state index is -0.400. The number of fused-ring (bicyclic) bond motifs is 12. The molecule has 0 fully saturated rings. The number of nitrogens with zero attached hydrogens (tertiary/aromatic N) is 4. The van der Waals surface area contributed by atoms with Gasteiger partial charge in [0.15, 0.2) is 0 Å². The third-order valence-corrected chi connectivity index (χ3v) is 23.5. The van der Waals surface area contributed by atoms with Gasteiger partial charge in [-0.2, -0.15) is 21.0 Å². The lowest BCUT2D eigenvalue weighted by Gasteiger charge is -2.46. The standard InChI is InChI=1S/C58H32N4O2S6/c59-23-45-37-9-1-3-11-39(37)47(25-61)43-21-33(17-19-41(43)45)27-63-29-35-31-65-55-53(35)54-36(30-64-28-34-18-20-42-44(22-34)48(26-62)40-12-4-2-10-38(40)46(42)24-60)32-66-56(54)58(69-51-15-7-8-16-52(51)70-58)57(55)67-49-13-5-6-14-50(49)68-57/h1-22,31-32H,27-30H2. The molecule has 0 saturated heterocycles. The summed E-state index contributed by atoms with van der Waals surface area (Å²) in [6, 6.07) is 54.4. The van der Waals surface area contributed by atoms with Crippen molar-refractivity contribution in [2.75, 3.05) is 0 Å². The Morgan fingerprint density at radius 3 is 1.03 bits per heavy atom. The van der Waals surface area contributed by atoms with Crippen LogP contribution in [0.3, 0.4) is 0 Å². The summed E-state index contributed by atoms with van der Waals surface area (Å²) >= 11 is 11.6. The van der Waals surface area contributed by atoms with Crippen LogP contribution in [0.15, 0.2) is 164 Å². The molecule has 332 valence electrons. The molecule has 12 heteroatoms. The van der Waals surface area contributed by atoms with Crippen LogP contribution in [0.2, 0.25) is 0 Å². The zero-order valence-corrected chi connectivity index (χ0v) is 41.6. The van der Waals surface area contributed by atoms with Crippen LogP contribution in [0, 0.1) is 45.3 Å². The lowest BCUT2D eigenvalue weighted by molar-refractivity contribution is 0.106. The Morgan fingerprint density at radius 1 is 0.371 bits per heavy atom. The van der Waals surface area contributed by atoms with Crippen molar-refractivity contribution >= 4 is 113 Å². The molecule has 8 aromatic carbocycles. The second-order valence-corrected chi connectivity index (χ2v) is 24.6. The first kappa shape index (κ1) is 43.5. The molecule has 4 heterocycles. The number of hydrogen-bond donors (Lipinski definition) is 0. The average molecular weight is 1010 g/mol. The summed E-state index contributed by atoms with van der Waals surface area (Å²) in [5.41, 5.74) is 8.77. The van der Waals surface area contributed by atoms with E-state index in [1.807, 2.05) is 155 Å². The minimum Gasteiger partial charge on any atom is -0.372 e. The molecule has 2 aromatic heterocycles. The summed E-state index contributed by atoms with van der Waals surface area (Å²) in [6.45, 7) is 1.38. The van der Waals surface area contributed by atoms with Gasteiger partial charge in [0.1, 0.15) is 32.4 Å². The molecule has 0 N–H and O–H groups in total. The van der Waals surface area contributed by atoms with E-state index in [0.29, 0.717) is 48.7 Å². The van der Waals surface area contributed by atoms with Crippen molar-refractivity contribution in [2.45, 2.75) is 54.2 Å². The predicted octanol–water partition coefficient (Wildman–Crippen LogP) is 16.1. The van der Waals surface area contributed by atoms with Crippen molar-refractivity contribution in [1.82, 2.24) is 0 Å². The molecule has 10 aromatic rings. The molecule has 70 heavy (non-hydrogen) atoms. The summed E-state index contributed by atoms with van der Waals surface area (Å²) in [7, 11) is 0. The van der Waals surface area contributed by atoms with Gasteiger partial charge in [-0.25, -0.2) is 0 Å². The van der Waals surface area contributed by atoms with E-state index in [-0.39, 0.29) is 0 Å². The third kappa shape index (κ3) is 6.47. The number of thioether (sulfide) groups is 4. The van der Waals surface area contributed by atoms with Crippen molar-refractivity contribution in [3.8, 4) is 35.4 Å². The molecule has 0 atom stereocenters. The molecule has 3 aliphatic rings. The van der Waals surface area contributed by atoms with Crippen LogP contribution in [-0.4, -0.2) is 0 Å². The van der Waals surface area contributed by atoms with Crippen LogP contribution in [-0.2, 0) is 44.1 Å². The highest BCUT2D eigenvalue weighted by molar-refractivity contribution is 8.26. The maximum atomic E-state index is 10.4. The highest BCUT2D eigenvalue weighted by Gasteiger charge is 2.67. The molecule has 0 bridgehead atoms. The number of benzene rings is 8. The van der Waals surface area contributed by atoms with E-state index in [0.717, 1.165) is 65.3 Å². The van der Waals surface area contributed by atoms with Gasteiger partial charge in [0.25, 0.3) is 0 Å². The number of rotatable bonds is 8. The Hall–Kier alpha value is -6.52. The van der Waals surface area contributed by atoms with Gasteiger partial charge in [-0.3, -0.25) is 0 Å². The van der Waals surface area contributed by atoms with Crippen LogP contribution < -0.4 is 0 Å². The summed E-state index contributed by atoms with van der Waals surface area (Å²) < 4.78 is 12.6. The van der Waals surface area contributed by atoms with Gasteiger partial charge < -0.3 is 9.47 Å². The number of nitriles is 4. The van der Waals surface area contributed by atoms with Crippen molar-refractivity contribution in [2.24, 2.45) is 0 Å². The minimum absolute atomic E-state index is 0.322. The Balaban J connectivity index is 0.881. The van der Waals surface area contributed by atoms with Crippen molar-refractivity contribution in [3.63, 3.8) is 0 Å². The molecule has 1 aliphatic carbocycles. The first-order chi connectivity index (χ1) is 34.5. The molecule has 0 unspecified atom stereocenters. The molecule has 2 spiro atoms. The predicted molar refractivity (Wildman–Crippen MR) is 286 cm³/mol. The monoisotopic (exact) mass is 1010 g/mol. The molecule has 0 saturated carbocycles. The zero-order chi connectivity index (χ0) is 47.1. The van der Waals surface area contributed by atoms with E-state index in [1.165, 1.54) is 40.5 Å². The second kappa shape index (κ2) is 17.1. The summed E-state index contributed by atoms with van der Waals surface area (Å²) in [5.74, 6) is 0. The third-order valence-electron chi connectivity index (χ3n) is 13.4. The van der Waals surface area contributed by atoms with Crippen LogP contribution in [0.5, 0.6) is 0 Å². The lowest BCUT2D eigenvalue weighted by atomic mass is 9.90. The fourth-order valence-corrected chi connectivity index (χ4v) is 21.0. The Labute approximate surface area is 428 Å². The van der Waals surface area contributed by atoms with E-state index in [9.17, 15) is 21.0 Å². The van der Waals surface area contributed by atoms with E-state index in [4.69, 9.17) is 9.47 Å². The van der Waals surface area contributed by atoms with Gasteiger partial charge in [0, 0.05) is 83.6 Å². The normalized spacial score (nSPS) is 14.6. The average Bonchev–Trinajstić information content (AvgIpc) is 4.21. The smallest absolute Gasteiger partial charge is 0.134 e. The Kier molecular flexibility index (Phi) is 10.6. The first-order valence-corrected chi connectivity index (χ1v) is 27.4. The van der Waals surface area contributed by atoms with Crippen molar-refractivity contribution < 1.29 is 9.47 Å². The summed E-state index contributed by atoms with van der Waals surface area (Å²) in [5, 5.41) is 52.0. The van der Waals surface area contributed by atoms with Gasteiger partial charge >= 0.3 is 0 Å². The summed E-state index contributed by atoms with van der Waals surface area (Å²) in [4.78, 5) is 7.78. The van der Waals surface area contributed by atoms with Gasteiger partial charge in [0.05, 0.1) is 48.7 Å². The Morgan fingerprint density at radius 2 is 0.686 bits per heavy atom. The molecular weight excluding hydrogens is 977 g/mol. The molecular formula is C58H32N4O2S6. The number of ether oxygens (including phenoxy) is 2. The summed E-state index contributed by atoms with van der Waals surface area (Å²) in [6.07, 6.45) is 0. The molecule has 6 nitrogen and oxygen atoms in total. The van der Waals surface area contributed by atoms with Gasteiger partial charge in [0.2, 0.25) is 0 Å². The van der Waals surface area contributed by atoms with Gasteiger partial charge in [-0.15, -0.1) is 22.7 Å². The zero-order valence-electron chi connectivity index (χ0n) is 36.7. The van der Waals surface area contributed by atoms with E-state index >= 15 is 0 Å². The van der Waals surface area contributed by atoms with Gasteiger partial charge in [-0.1, -0.05) is 144 Å². The maximum Gasteiger partial charge on any atom is 0.134 e. The van der Waals surface area contributed by atoms with E-state index in [1.54, 1.807) is 0 Å². The quantitative estimate of drug-likeness (QED) is 0.136. The molecule has 2 aliphatic heterocycles. The van der Waals surface area contributed by atoms with Crippen LogP contribution >= 0.6 is 69.7 Å². The van der Waals surface area contributed by atoms with E-state index < -0.39 is 8.16 Å². The van der Waals surface area contributed by atoms with Gasteiger partial charge in [-0.05, 0) is 69.4 Å². The molecule has 13 rings (SSSR count). The lowest BCUT2D eigenvalue weighted by Crippen LogP contribution is -2.39. The van der Waals surface area contributed by atoms with Crippen molar-refractivity contribution in [3.05, 3.63) is 198 Å². The topological polar surface area (TPSA) is 114 Å². The maximum absolute atomic E-state index is 10.4. The van der Waals surface area contributed by atoms with Crippen molar-refractivity contribution in [1.29, 1.82) is 21.0 Å². The molecule has 0 amide bonds. The largest absolute Gasteiger partial charge is 0.372 e. The van der Waals surface area contributed by atoms with E-state index in [2.05, 4.69) is 83.6 Å². The Bertz CT molecular complexity index is 3760. The first-order valence-electron chi connectivity index (χ1n) is 22.3.